The number of benzene rings is 1. The van der Waals surface area contributed by atoms with E-state index in [0.29, 0.717) is 5.92 Å². The lowest BCUT2D eigenvalue weighted by Gasteiger charge is -2.30. The van der Waals surface area contributed by atoms with Gasteiger partial charge in [-0.25, -0.2) is 0 Å². The van der Waals surface area contributed by atoms with E-state index in [1.54, 1.807) is 0 Å². The summed E-state index contributed by atoms with van der Waals surface area (Å²) in [5.41, 5.74) is 4.21. The van der Waals surface area contributed by atoms with Gasteiger partial charge in [0.15, 0.2) is 0 Å². The van der Waals surface area contributed by atoms with E-state index in [2.05, 4.69) is 34.7 Å². The van der Waals surface area contributed by atoms with Crippen LogP contribution in [-0.4, -0.2) is 18.2 Å². The van der Waals surface area contributed by atoms with E-state index in [4.69, 9.17) is 10.6 Å². The van der Waals surface area contributed by atoms with Crippen LogP contribution in [0.25, 0.3) is 10.8 Å². The van der Waals surface area contributed by atoms with E-state index in [1.165, 1.54) is 10.9 Å². The van der Waals surface area contributed by atoms with Gasteiger partial charge >= 0.3 is 0 Å². The number of hydrogen-bond acceptors (Lipinski definition) is 4. The van der Waals surface area contributed by atoms with Crippen LogP contribution in [0.4, 0.5) is 0 Å². The van der Waals surface area contributed by atoms with Crippen molar-refractivity contribution in [3.05, 3.63) is 42.2 Å². The first-order chi connectivity index (χ1) is 9.40. The first kappa shape index (κ1) is 12.5. The van der Waals surface area contributed by atoms with Gasteiger partial charge in [-0.2, -0.15) is 0 Å². The minimum atomic E-state index is 0.131. The summed E-state index contributed by atoms with van der Waals surface area (Å²) in [4.78, 5) is 4.18. The normalized spacial score (nSPS) is 21.4. The highest BCUT2D eigenvalue weighted by atomic mass is 16.5. The van der Waals surface area contributed by atoms with Gasteiger partial charge in [-0.3, -0.25) is 16.3 Å². The van der Waals surface area contributed by atoms with Crippen LogP contribution in [0.5, 0.6) is 0 Å². The smallest absolute Gasteiger partial charge is 0.0516 e. The molecule has 0 spiro atoms. The van der Waals surface area contributed by atoms with Gasteiger partial charge in [0.1, 0.15) is 0 Å². The quantitative estimate of drug-likeness (QED) is 0.653. The number of nitrogens with zero attached hydrogens (tertiary/aromatic N) is 1. The molecule has 1 aliphatic rings. The predicted octanol–water partition coefficient (Wildman–Crippen LogP) is 2.17. The number of aromatic nitrogens is 1. The van der Waals surface area contributed by atoms with E-state index in [9.17, 15) is 0 Å². The molecule has 0 radical (unpaired) electrons. The van der Waals surface area contributed by atoms with Gasteiger partial charge in [0.25, 0.3) is 0 Å². The Labute approximate surface area is 112 Å². The molecule has 1 aliphatic heterocycles. The van der Waals surface area contributed by atoms with E-state index in [-0.39, 0.29) is 6.04 Å². The molecule has 1 aromatic carbocycles. The molecule has 2 atom stereocenters. The Balaban J connectivity index is 2.00. The zero-order valence-electron chi connectivity index (χ0n) is 10.9. The second kappa shape index (κ2) is 5.65. The van der Waals surface area contributed by atoms with Gasteiger partial charge in [-0.1, -0.05) is 18.2 Å². The van der Waals surface area contributed by atoms with Gasteiger partial charge in [-0.15, -0.1) is 0 Å². The first-order valence-electron chi connectivity index (χ1n) is 6.76. The van der Waals surface area contributed by atoms with E-state index >= 15 is 0 Å². The second-order valence-corrected chi connectivity index (χ2v) is 5.07. The summed E-state index contributed by atoms with van der Waals surface area (Å²) in [6.07, 6.45) is 5.98. The minimum absolute atomic E-state index is 0.131. The number of hydrazine groups is 1. The van der Waals surface area contributed by atoms with Crippen LogP contribution in [0.1, 0.15) is 24.4 Å². The SMILES string of the molecule is NNC(c1cccc2cnccc12)C1CCCOC1. The van der Waals surface area contributed by atoms with Crippen molar-refractivity contribution in [3.63, 3.8) is 0 Å². The Morgan fingerprint density at radius 3 is 3.11 bits per heavy atom. The average Bonchev–Trinajstić information content (AvgIpc) is 2.49. The van der Waals surface area contributed by atoms with Crippen molar-refractivity contribution in [2.45, 2.75) is 18.9 Å². The standard InChI is InChI=1S/C15H19N3O/c16-18-15(12-4-2-8-19-10-12)14-5-1-3-11-9-17-7-6-13(11)14/h1,3,5-7,9,12,15,18H,2,4,8,10,16H2. The van der Waals surface area contributed by atoms with Crippen molar-refractivity contribution >= 4 is 10.8 Å². The monoisotopic (exact) mass is 257 g/mol. The highest BCUT2D eigenvalue weighted by Gasteiger charge is 2.25. The molecule has 0 bridgehead atoms. The summed E-state index contributed by atoms with van der Waals surface area (Å²) >= 11 is 0. The van der Waals surface area contributed by atoms with E-state index in [0.717, 1.165) is 31.4 Å². The van der Waals surface area contributed by atoms with Crippen LogP contribution < -0.4 is 11.3 Å². The number of ether oxygens (including phenoxy) is 1. The molecule has 4 nitrogen and oxygen atoms in total. The molecule has 100 valence electrons. The van der Waals surface area contributed by atoms with Gasteiger partial charge in [0, 0.05) is 30.3 Å². The Morgan fingerprint density at radius 2 is 2.32 bits per heavy atom. The van der Waals surface area contributed by atoms with Gasteiger partial charge in [0.05, 0.1) is 12.6 Å². The number of hydrogen-bond donors (Lipinski definition) is 2. The van der Waals surface area contributed by atoms with Crippen molar-refractivity contribution in [3.8, 4) is 0 Å². The minimum Gasteiger partial charge on any atom is -0.381 e. The van der Waals surface area contributed by atoms with Gasteiger partial charge in [-0.05, 0) is 29.9 Å². The molecule has 2 unspecified atom stereocenters. The zero-order chi connectivity index (χ0) is 13.1. The number of rotatable bonds is 3. The number of fused-ring (bicyclic) bond motifs is 1. The summed E-state index contributed by atoms with van der Waals surface area (Å²) in [5, 5.41) is 2.36. The van der Waals surface area contributed by atoms with Crippen molar-refractivity contribution in [2.24, 2.45) is 11.8 Å². The summed E-state index contributed by atoms with van der Waals surface area (Å²) < 4.78 is 5.59. The largest absolute Gasteiger partial charge is 0.381 e. The van der Waals surface area contributed by atoms with Crippen LogP contribution in [-0.2, 0) is 4.74 Å². The molecular weight excluding hydrogens is 238 g/mol. The first-order valence-corrected chi connectivity index (χ1v) is 6.76. The number of pyridine rings is 1. The molecule has 1 fully saturated rings. The summed E-state index contributed by atoms with van der Waals surface area (Å²) in [5.74, 6) is 6.23. The fourth-order valence-electron chi connectivity index (χ4n) is 2.93. The summed E-state index contributed by atoms with van der Waals surface area (Å²) in [6.45, 7) is 1.64. The van der Waals surface area contributed by atoms with Crippen molar-refractivity contribution in [1.82, 2.24) is 10.4 Å². The second-order valence-electron chi connectivity index (χ2n) is 5.07. The fourth-order valence-corrected chi connectivity index (χ4v) is 2.93. The third kappa shape index (κ3) is 2.47. The third-order valence-corrected chi connectivity index (χ3v) is 3.90. The van der Waals surface area contributed by atoms with Gasteiger partial charge < -0.3 is 4.74 Å². The molecule has 3 N–H and O–H groups in total. The lowest BCUT2D eigenvalue weighted by molar-refractivity contribution is 0.0392. The average molecular weight is 257 g/mol. The van der Waals surface area contributed by atoms with Crippen LogP contribution >= 0.6 is 0 Å². The molecule has 4 heteroatoms. The summed E-state index contributed by atoms with van der Waals surface area (Å²) in [7, 11) is 0. The Kier molecular flexibility index (Phi) is 3.73. The molecule has 0 amide bonds. The van der Waals surface area contributed by atoms with Crippen LogP contribution in [0.2, 0.25) is 0 Å². The molecule has 0 aliphatic carbocycles. The molecule has 2 aromatic rings. The lowest BCUT2D eigenvalue weighted by atomic mass is 9.87. The molecule has 3 rings (SSSR count). The summed E-state index contributed by atoms with van der Waals surface area (Å²) in [6, 6.07) is 8.47. The lowest BCUT2D eigenvalue weighted by Crippen LogP contribution is -2.37. The van der Waals surface area contributed by atoms with Crippen LogP contribution in [0, 0.1) is 5.92 Å². The van der Waals surface area contributed by atoms with Crippen molar-refractivity contribution < 1.29 is 4.74 Å². The molecule has 0 saturated carbocycles. The predicted molar refractivity (Wildman–Crippen MR) is 75.4 cm³/mol. The Hall–Kier alpha value is -1.49. The van der Waals surface area contributed by atoms with Gasteiger partial charge in [0.2, 0.25) is 0 Å². The fraction of sp³-hybridized carbons (Fsp3) is 0.400. The van der Waals surface area contributed by atoms with Crippen LogP contribution in [0.3, 0.4) is 0 Å². The highest BCUT2D eigenvalue weighted by molar-refractivity contribution is 5.85. The topological polar surface area (TPSA) is 60.2 Å². The highest BCUT2D eigenvalue weighted by Crippen LogP contribution is 2.32. The number of nitrogens with one attached hydrogen (secondary N) is 1. The van der Waals surface area contributed by atoms with E-state index in [1.807, 2.05) is 12.4 Å². The number of nitrogens with two attached hydrogens (primary N) is 1. The maximum absolute atomic E-state index is 5.81. The molecule has 19 heavy (non-hydrogen) atoms. The van der Waals surface area contributed by atoms with E-state index < -0.39 is 0 Å². The van der Waals surface area contributed by atoms with Crippen molar-refractivity contribution in [1.29, 1.82) is 0 Å². The Bertz CT molecular complexity index is 547. The maximum atomic E-state index is 5.81. The maximum Gasteiger partial charge on any atom is 0.0516 e. The van der Waals surface area contributed by atoms with Crippen molar-refractivity contribution in [2.75, 3.05) is 13.2 Å². The Morgan fingerprint density at radius 1 is 1.37 bits per heavy atom. The molecule has 1 saturated heterocycles. The zero-order valence-corrected chi connectivity index (χ0v) is 10.9. The van der Waals surface area contributed by atoms with Crippen LogP contribution in [0.15, 0.2) is 36.7 Å². The molecular formula is C15H19N3O. The molecule has 2 heterocycles. The third-order valence-electron chi connectivity index (χ3n) is 3.90. The molecule has 1 aromatic heterocycles.